The number of H-pyrrole nitrogens is 2. The molecule has 2 heterocycles. The molecule has 1 unspecified atom stereocenters. The fraction of sp³-hybridized carbons (Fsp3) is 0.167. The molecule has 0 saturated carbocycles. The van der Waals surface area contributed by atoms with Crippen LogP contribution in [0.1, 0.15) is 12.5 Å². The maximum absolute atomic E-state index is 11.8. The lowest BCUT2D eigenvalue weighted by molar-refractivity contribution is -0.121. The first kappa shape index (κ1) is 15.1. The van der Waals surface area contributed by atoms with Crippen molar-refractivity contribution in [3.8, 4) is 0 Å². The van der Waals surface area contributed by atoms with Crippen LogP contribution in [0.5, 0.6) is 0 Å². The highest BCUT2D eigenvalue weighted by molar-refractivity contribution is 5.86. The summed E-state index contributed by atoms with van der Waals surface area (Å²) in [7, 11) is 0. The van der Waals surface area contributed by atoms with Gasteiger partial charge >= 0.3 is 5.69 Å². The summed E-state index contributed by atoms with van der Waals surface area (Å²) in [5, 5.41) is 11.9. The van der Waals surface area contributed by atoms with Crippen LogP contribution in [0.15, 0.2) is 39.2 Å². The van der Waals surface area contributed by atoms with Crippen LogP contribution in [0.25, 0.3) is 0 Å². The van der Waals surface area contributed by atoms with Gasteiger partial charge < -0.3 is 5.32 Å². The molecule has 22 heavy (non-hydrogen) atoms. The molecular weight excluding hydrogens is 290 g/mol. The van der Waals surface area contributed by atoms with Gasteiger partial charge in [0.05, 0.1) is 6.21 Å². The zero-order valence-corrected chi connectivity index (χ0v) is 11.5. The van der Waals surface area contributed by atoms with E-state index in [0.29, 0.717) is 0 Å². The first-order valence-electron chi connectivity index (χ1n) is 6.25. The molecule has 0 bridgehead atoms. The first-order chi connectivity index (χ1) is 10.6. The third-order valence-electron chi connectivity index (χ3n) is 2.55. The Hall–Kier alpha value is -3.30. The number of carbonyl (C=O) groups excluding carboxylic acids is 1. The molecular formula is C12H13N7O3. The van der Waals surface area contributed by atoms with Gasteiger partial charge in [-0.3, -0.25) is 19.6 Å². The van der Waals surface area contributed by atoms with Crippen LogP contribution >= 0.6 is 0 Å². The van der Waals surface area contributed by atoms with Crippen molar-refractivity contribution in [2.75, 3.05) is 5.32 Å². The van der Waals surface area contributed by atoms with Crippen molar-refractivity contribution in [2.45, 2.75) is 13.0 Å². The Morgan fingerprint density at radius 2 is 2.09 bits per heavy atom. The van der Waals surface area contributed by atoms with E-state index in [1.807, 2.05) is 4.98 Å². The number of carbonyl (C=O) groups is 1. The maximum atomic E-state index is 11.8. The lowest BCUT2D eigenvalue weighted by Crippen LogP contribution is -2.38. The Morgan fingerprint density at radius 3 is 2.77 bits per heavy atom. The highest BCUT2D eigenvalue weighted by atomic mass is 16.2. The summed E-state index contributed by atoms with van der Waals surface area (Å²) in [5.74, 6) is -0.641. The van der Waals surface area contributed by atoms with Crippen LogP contribution in [0.4, 0.5) is 5.82 Å². The van der Waals surface area contributed by atoms with E-state index in [4.69, 9.17) is 0 Å². The number of pyridine rings is 1. The summed E-state index contributed by atoms with van der Waals surface area (Å²) in [4.78, 5) is 39.9. The van der Waals surface area contributed by atoms with Gasteiger partial charge in [-0.25, -0.2) is 15.3 Å². The molecule has 10 heteroatoms. The van der Waals surface area contributed by atoms with Crippen LogP contribution < -0.4 is 22.0 Å². The smallest absolute Gasteiger partial charge is 0.342 e. The molecule has 0 radical (unpaired) electrons. The van der Waals surface area contributed by atoms with Gasteiger partial charge in [-0.2, -0.15) is 5.10 Å². The van der Waals surface area contributed by atoms with Crippen LogP contribution in [-0.2, 0) is 4.79 Å². The summed E-state index contributed by atoms with van der Waals surface area (Å²) in [6.07, 6.45) is 4.65. The summed E-state index contributed by atoms with van der Waals surface area (Å²) in [6, 6.07) is 2.66. The predicted octanol–water partition coefficient (Wildman–Crippen LogP) is -1.20. The molecule has 4 N–H and O–H groups in total. The van der Waals surface area contributed by atoms with Gasteiger partial charge in [-0.15, -0.1) is 5.10 Å². The van der Waals surface area contributed by atoms with Crippen LogP contribution in [-0.4, -0.2) is 38.3 Å². The monoisotopic (exact) mass is 303 g/mol. The zero-order chi connectivity index (χ0) is 15.9. The van der Waals surface area contributed by atoms with E-state index in [1.165, 1.54) is 13.1 Å². The van der Waals surface area contributed by atoms with Gasteiger partial charge in [-0.05, 0) is 24.6 Å². The van der Waals surface area contributed by atoms with Gasteiger partial charge in [0.15, 0.2) is 0 Å². The largest absolute Gasteiger partial charge is 0.353 e. The fourth-order valence-corrected chi connectivity index (χ4v) is 1.43. The van der Waals surface area contributed by atoms with Crippen molar-refractivity contribution in [3.05, 3.63) is 50.9 Å². The number of amides is 1. The van der Waals surface area contributed by atoms with Gasteiger partial charge in [0.25, 0.3) is 11.5 Å². The van der Waals surface area contributed by atoms with Crippen LogP contribution in [0, 0.1) is 0 Å². The summed E-state index contributed by atoms with van der Waals surface area (Å²) in [6.45, 7) is 1.52. The average Bonchev–Trinajstić information content (AvgIpc) is 2.51. The molecule has 2 rings (SSSR count). The predicted molar refractivity (Wildman–Crippen MR) is 78.5 cm³/mol. The Morgan fingerprint density at radius 1 is 1.36 bits per heavy atom. The molecule has 0 aliphatic rings. The molecule has 0 aromatic carbocycles. The molecule has 10 nitrogen and oxygen atoms in total. The van der Waals surface area contributed by atoms with Gasteiger partial charge in [0.1, 0.15) is 6.04 Å². The number of rotatable bonds is 5. The Labute approximate surface area is 123 Å². The van der Waals surface area contributed by atoms with Gasteiger partial charge in [0, 0.05) is 12.4 Å². The quantitative estimate of drug-likeness (QED) is 0.403. The highest BCUT2D eigenvalue weighted by Gasteiger charge is 2.14. The van der Waals surface area contributed by atoms with Gasteiger partial charge in [-0.1, -0.05) is 0 Å². The molecule has 2 aromatic heterocycles. The molecule has 0 aliphatic carbocycles. The lowest BCUT2D eigenvalue weighted by atomic mass is 10.3. The number of anilines is 1. The van der Waals surface area contributed by atoms with Crippen LogP contribution in [0.3, 0.4) is 0 Å². The van der Waals surface area contributed by atoms with E-state index >= 15 is 0 Å². The summed E-state index contributed by atoms with van der Waals surface area (Å²) >= 11 is 0. The van der Waals surface area contributed by atoms with Crippen LogP contribution in [0.2, 0.25) is 0 Å². The average molecular weight is 303 g/mol. The molecule has 0 saturated heterocycles. The molecule has 0 aliphatic heterocycles. The van der Waals surface area contributed by atoms with E-state index in [1.54, 1.807) is 24.5 Å². The third kappa shape index (κ3) is 4.10. The summed E-state index contributed by atoms with van der Waals surface area (Å²) < 4.78 is 0. The molecule has 114 valence electrons. The Kier molecular flexibility index (Phi) is 4.75. The van der Waals surface area contributed by atoms with E-state index < -0.39 is 23.2 Å². The van der Waals surface area contributed by atoms with Gasteiger partial charge in [0.2, 0.25) is 5.82 Å². The van der Waals surface area contributed by atoms with Crippen molar-refractivity contribution in [1.29, 1.82) is 0 Å². The van der Waals surface area contributed by atoms with Crippen molar-refractivity contribution < 1.29 is 4.79 Å². The fourth-order valence-electron chi connectivity index (χ4n) is 1.43. The molecule has 2 aromatic rings. The highest BCUT2D eigenvalue weighted by Crippen LogP contribution is 1.94. The SMILES string of the molecule is CC(Nc1n[nH]c(=O)[nH]c1=O)C(=O)N/N=C/c1ccncc1. The number of hydrazone groups is 1. The second kappa shape index (κ2) is 6.92. The topological polar surface area (TPSA) is 145 Å². The second-order valence-electron chi connectivity index (χ2n) is 4.24. The Balaban J connectivity index is 1.93. The molecule has 0 fully saturated rings. The minimum atomic E-state index is -0.783. The number of nitrogens with one attached hydrogen (secondary N) is 4. The minimum absolute atomic E-state index is 0.166. The molecule has 1 atom stereocenters. The lowest BCUT2D eigenvalue weighted by Gasteiger charge is -2.11. The van der Waals surface area contributed by atoms with E-state index in [2.05, 4.69) is 31.0 Å². The van der Waals surface area contributed by atoms with Crippen molar-refractivity contribution in [2.24, 2.45) is 5.10 Å². The maximum Gasteiger partial charge on any atom is 0.342 e. The molecule has 0 spiro atoms. The zero-order valence-electron chi connectivity index (χ0n) is 11.5. The van der Waals surface area contributed by atoms with Crippen molar-refractivity contribution in [1.82, 2.24) is 25.6 Å². The second-order valence-corrected chi connectivity index (χ2v) is 4.24. The first-order valence-corrected chi connectivity index (χ1v) is 6.25. The van der Waals surface area contributed by atoms with Crippen molar-refractivity contribution >= 4 is 17.9 Å². The van der Waals surface area contributed by atoms with E-state index in [-0.39, 0.29) is 5.82 Å². The Bertz CT molecular complexity index is 781. The number of hydrogen-bond donors (Lipinski definition) is 4. The number of aromatic nitrogens is 4. The number of hydrogen-bond acceptors (Lipinski definition) is 7. The minimum Gasteiger partial charge on any atom is -0.353 e. The third-order valence-corrected chi connectivity index (χ3v) is 2.55. The van der Waals surface area contributed by atoms with E-state index in [9.17, 15) is 14.4 Å². The summed E-state index contributed by atoms with van der Waals surface area (Å²) in [5.41, 5.74) is 1.64. The van der Waals surface area contributed by atoms with Crippen molar-refractivity contribution in [3.63, 3.8) is 0 Å². The molecule has 1 amide bonds. The van der Waals surface area contributed by atoms with E-state index in [0.717, 1.165) is 5.56 Å². The standard InChI is InChI=1S/C12H13N7O3/c1-7(15-9-11(21)16-12(22)19-17-9)10(20)18-14-6-8-2-4-13-5-3-8/h2-7H,1H3,(H,15,17)(H,18,20)(H2,16,19,21,22)/b14-6+. The number of nitrogens with zero attached hydrogens (tertiary/aromatic N) is 3. The normalized spacial score (nSPS) is 12.0. The number of aromatic amines is 2.